The predicted octanol–water partition coefficient (Wildman–Crippen LogP) is 3.68. The summed E-state index contributed by atoms with van der Waals surface area (Å²) < 4.78 is 0. The number of hydrogen-bond acceptors (Lipinski definition) is 2. The number of carbonyl (C=O) groups is 2. The Kier molecular flexibility index (Phi) is 6.43. The zero-order chi connectivity index (χ0) is 19.9. The SMILES string of the molecule is CC(C)Cc1ccc2c(c1)C=CC2=Cc1ccccc1.O=C1CNC(=O)CN1. The molecule has 28 heavy (non-hydrogen) atoms. The third kappa shape index (κ3) is 5.43. The Bertz CT molecular complexity index is 883. The first-order valence-electron chi connectivity index (χ1n) is 9.63. The molecule has 4 nitrogen and oxygen atoms in total. The van der Waals surface area contributed by atoms with Gasteiger partial charge in [-0.05, 0) is 46.2 Å². The Morgan fingerprint density at radius 2 is 1.61 bits per heavy atom. The molecule has 1 aliphatic carbocycles. The summed E-state index contributed by atoms with van der Waals surface area (Å²) in [6, 6.07) is 17.4. The zero-order valence-electron chi connectivity index (χ0n) is 16.4. The summed E-state index contributed by atoms with van der Waals surface area (Å²) >= 11 is 0. The van der Waals surface area contributed by atoms with Gasteiger partial charge >= 0.3 is 0 Å². The number of benzene rings is 2. The minimum atomic E-state index is -0.121. The van der Waals surface area contributed by atoms with Crippen molar-refractivity contribution in [3.05, 3.63) is 76.9 Å². The van der Waals surface area contributed by atoms with E-state index in [1.807, 2.05) is 0 Å². The lowest BCUT2D eigenvalue weighted by molar-refractivity contribution is -0.130. The topological polar surface area (TPSA) is 58.2 Å². The van der Waals surface area contributed by atoms with E-state index >= 15 is 0 Å². The van der Waals surface area contributed by atoms with Gasteiger partial charge in [0, 0.05) is 0 Å². The molecule has 2 N–H and O–H groups in total. The summed E-state index contributed by atoms with van der Waals surface area (Å²) in [5.74, 6) is 0.465. The maximum Gasteiger partial charge on any atom is 0.239 e. The highest BCUT2D eigenvalue weighted by atomic mass is 16.2. The van der Waals surface area contributed by atoms with Crippen LogP contribution < -0.4 is 10.6 Å². The van der Waals surface area contributed by atoms with Crippen molar-refractivity contribution in [3.8, 4) is 0 Å². The molecule has 1 fully saturated rings. The van der Waals surface area contributed by atoms with Gasteiger partial charge in [0.1, 0.15) is 0 Å². The van der Waals surface area contributed by atoms with E-state index in [-0.39, 0.29) is 24.9 Å². The van der Waals surface area contributed by atoms with Gasteiger partial charge in [0.05, 0.1) is 13.1 Å². The van der Waals surface area contributed by atoms with E-state index in [4.69, 9.17) is 0 Å². The molecule has 0 spiro atoms. The minimum Gasteiger partial charge on any atom is -0.346 e. The smallest absolute Gasteiger partial charge is 0.239 e. The Labute approximate surface area is 166 Å². The minimum absolute atomic E-state index is 0.121. The molecule has 2 aromatic rings. The number of rotatable bonds is 3. The van der Waals surface area contributed by atoms with Crippen molar-refractivity contribution in [2.24, 2.45) is 5.92 Å². The Balaban J connectivity index is 0.000000236. The van der Waals surface area contributed by atoms with E-state index in [1.165, 1.54) is 27.8 Å². The summed E-state index contributed by atoms with van der Waals surface area (Å²) in [7, 11) is 0. The van der Waals surface area contributed by atoms with Gasteiger partial charge in [0.25, 0.3) is 0 Å². The van der Waals surface area contributed by atoms with Gasteiger partial charge in [0.15, 0.2) is 0 Å². The summed E-state index contributed by atoms with van der Waals surface area (Å²) in [5.41, 5.74) is 6.70. The lowest BCUT2D eigenvalue weighted by Crippen LogP contribution is -2.48. The molecule has 1 heterocycles. The standard InChI is InChI=1S/C20H20.C4H6N2O2/c1-15(2)12-17-8-11-20-18(9-10-19(20)14-17)13-16-6-4-3-5-7-16;7-3-1-5-4(8)2-6-3/h3-11,13-15H,12H2,1-2H3;1-2H2,(H,5,8)(H,6,7). The highest BCUT2D eigenvalue weighted by molar-refractivity contribution is 5.97. The molecule has 4 heteroatoms. The second-order valence-electron chi connectivity index (χ2n) is 7.42. The average Bonchev–Trinajstić information content (AvgIpc) is 3.07. The number of piperazine rings is 1. The number of amides is 2. The summed E-state index contributed by atoms with van der Waals surface area (Å²) in [5, 5.41) is 4.76. The molecule has 1 aliphatic heterocycles. The van der Waals surface area contributed by atoms with Crippen molar-refractivity contribution < 1.29 is 9.59 Å². The second kappa shape index (κ2) is 9.18. The molecule has 2 aromatic carbocycles. The number of allylic oxidation sites excluding steroid dienone is 2. The van der Waals surface area contributed by atoms with Crippen LogP contribution in [-0.2, 0) is 16.0 Å². The molecule has 0 atom stereocenters. The lowest BCUT2D eigenvalue weighted by atomic mass is 9.97. The first kappa shape index (κ1) is 19.6. The molecule has 0 aromatic heterocycles. The lowest BCUT2D eigenvalue weighted by Gasteiger charge is -2.10. The second-order valence-corrected chi connectivity index (χ2v) is 7.42. The molecule has 2 amide bonds. The largest absolute Gasteiger partial charge is 0.346 e. The van der Waals surface area contributed by atoms with E-state index in [9.17, 15) is 9.59 Å². The Morgan fingerprint density at radius 3 is 2.21 bits per heavy atom. The quantitative estimate of drug-likeness (QED) is 0.861. The van der Waals surface area contributed by atoms with Gasteiger partial charge < -0.3 is 10.6 Å². The van der Waals surface area contributed by atoms with Crippen molar-refractivity contribution in [2.75, 3.05) is 13.1 Å². The van der Waals surface area contributed by atoms with Crippen LogP contribution in [0.4, 0.5) is 0 Å². The van der Waals surface area contributed by atoms with Crippen LogP contribution in [0.3, 0.4) is 0 Å². The maximum absolute atomic E-state index is 10.3. The first-order chi connectivity index (χ1) is 13.5. The van der Waals surface area contributed by atoms with Crippen LogP contribution in [-0.4, -0.2) is 24.9 Å². The molecule has 1 saturated heterocycles. The van der Waals surface area contributed by atoms with Crippen molar-refractivity contribution in [3.63, 3.8) is 0 Å². The van der Waals surface area contributed by atoms with Gasteiger partial charge in [-0.2, -0.15) is 0 Å². The number of nitrogens with one attached hydrogen (secondary N) is 2. The van der Waals surface area contributed by atoms with E-state index in [0.29, 0.717) is 5.92 Å². The van der Waals surface area contributed by atoms with Crippen LogP contribution >= 0.6 is 0 Å². The Hall–Kier alpha value is -3.14. The normalized spacial score (nSPS) is 16.3. The molecule has 4 rings (SSSR count). The molecule has 0 unspecified atom stereocenters. The maximum atomic E-state index is 10.3. The third-order valence-corrected chi connectivity index (χ3v) is 4.53. The van der Waals surface area contributed by atoms with Gasteiger partial charge in [-0.25, -0.2) is 0 Å². The highest BCUT2D eigenvalue weighted by Gasteiger charge is 2.12. The fourth-order valence-electron chi connectivity index (χ4n) is 3.22. The molecule has 0 saturated carbocycles. The van der Waals surface area contributed by atoms with Crippen LogP contribution in [0.25, 0.3) is 17.7 Å². The van der Waals surface area contributed by atoms with Crippen LogP contribution in [0.5, 0.6) is 0 Å². The highest BCUT2D eigenvalue weighted by Crippen LogP contribution is 2.31. The summed E-state index contributed by atoms with van der Waals surface area (Å²) in [6.07, 6.45) is 7.86. The Morgan fingerprint density at radius 1 is 0.929 bits per heavy atom. The number of carbonyl (C=O) groups excluding carboxylic acids is 2. The average molecular weight is 374 g/mol. The predicted molar refractivity (Wildman–Crippen MR) is 114 cm³/mol. The van der Waals surface area contributed by atoms with Crippen LogP contribution in [0, 0.1) is 5.92 Å². The fraction of sp³-hybridized carbons (Fsp3) is 0.250. The van der Waals surface area contributed by atoms with Gasteiger partial charge in [-0.3, -0.25) is 9.59 Å². The zero-order valence-corrected chi connectivity index (χ0v) is 16.4. The molecule has 0 bridgehead atoms. The molecular formula is C24H26N2O2. The van der Waals surface area contributed by atoms with Gasteiger partial charge in [-0.15, -0.1) is 0 Å². The number of fused-ring (bicyclic) bond motifs is 1. The summed E-state index contributed by atoms with van der Waals surface area (Å²) in [6.45, 7) is 4.78. The van der Waals surface area contributed by atoms with Crippen molar-refractivity contribution in [2.45, 2.75) is 20.3 Å². The van der Waals surface area contributed by atoms with Crippen LogP contribution in [0.15, 0.2) is 54.6 Å². The van der Waals surface area contributed by atoms with Gasteiger partial charge in [0.2, 0.25) is 11.8 Å². The van der Waals surface area contributed by atoms with Crippen LogP contribution in [0.1, 0.15) is 36.1 Å². The molecular weight excluding hydrogens is 348 g/mol. The number of hydrogen-bond donors (Lipinski definition) is 2. The molecule has 144 valence electrons. The van der Waals surface area contributed by atoms with E-state index in [2.05, 4.69) is 91.2 Å². The summed E-state index contributed by atoms with van der Waals surface area (Å²) in [4.78, 5) is 20.6. The van der Waals surface area contributed by atoms with Crippen molar-refractivity contribution in [1.29, 1.82) is 0 Å². The van der Waals surface area contributed by atoms with Crippen molar-refractivity contribution in [1.82, 2.24) is 10.6 Å². The van der Waals surface area contributed by atoms with Gasteiger partial charge in [-0.1, -0.05) is 74.5 Å². The van der Waals surface area contributed by atoms with E-state index in [1.54, 1.807) is 0 Å². The first-order valence-corrected chi connectivity index (χ1v) is 9.63. The van der Waals surface area contributed by atoms with Crippen LogP contribution in [0.2, 0.25) is 0 Å². The third-order valence-electron chi connectivity index (χ3n) is 4.53. The molecule has 0 radical (unpaired) electrons. The monoisotopic (exact) mass is 374 g/mol. The van der Waals surface area contributed by atoms with E-state index < -0.39 is 0 Å². The van der Waals surface area contributed by atoms with Crippen molar-refractivity contribution >= 4 is 29.5 Å². The van der Waals surface area contributed by atoms with E-state index in [0.717, 1.165) is 6.42 Å². The fourth-order valence-corrected chi connectivity index (χ4v) is 3.22. The molecule has 2 aliphatic rings.